The maximum Gasteiger partial charge on any atom is 0.491 e. The van der Waals surface area contributed by atoms with Crippen molar-refractivity contribution in [2.45, 2.75) is 43.8 Å². The van der Waals surface area contributed by atoms with Crippen LogP contribution in [-0.2, 0) is 9.53 Å². The number of carbonyl (C=O) groups excluding carboxylic acids is 2. The van der Waals surface area contributed by atoms with Gasteiger partial charge in [-0.05, 0) is 37.1 Å². The van der Waals surface area contributed by atoms with Gasteiger partial charge in [-0.1, -0.05) is 37.2 Å². The Balaban J connectivity index is 2.02. The Kier molecular flexibility index (Phi) is 5.80. The van der Waals surface area contributed by atoms with Crippen LogP contribution in [0.5, 0.6) is 0 Å². The zero-order valence-corrected chi connectivity index (χ0v) is 15.5. The van der Waals surface area contributed by atoms with Gasteiger partial charge in [0.15, 0.2) is 0 Å². The smallest absolute Gasteiger partial charge is 0.383 e. The summed E-state index contributed by atoms with van der Waals surface area (Å²) in [5, 5.41) is 0. The lowest BCUT2D eigenvalue weighted by Gasteiger charge is -2.27. The summed E-state index contributed by atoms with van der Waals surface area (Å²) in [6.45, 7) is 0. The molecule has 0 unspecified atom stereocenters. The van der Waals surface area contributed by atoms with Gasteiger partial charge in [0.2, 0.25) is 0 Å². The van der Waals surface area contributed by atoms with Gasteiger partial charge in [-0.3, -0.25) is 0 Å². The molecular weight excluding hydrogens is 385 g/mol. The second kappa shape index (κ2) is 8.13. The number of carbonyl (C=O) groups is 2. The first-order chi connectivity index (χ1) is 13.7. The Bertz CT molecular complexity index is 963. The second-order valence-electron chi connectivity index (χ2n) is 6.93. The maximum atomic E-state index is 12.5. The number of aromatic nitrogens is 1. The quantitative estimate of drug-likeness (QED) is 0.470. The standard InChI is InChI=1S/C21H19F3N2O3/c22-21(23,24)19(28)29-18(27)16-8-6-7-15(17(16)26-13-4-5-14-26)9-12-20(25)10-2-1-3-11-20/h4-8,13-14H,1-3,10-11,25H2. The molecule has 3 rings (SSSR count). The highest BCUT2D eigenvalue weighted by Crippen LogP contribution is 2.27. The molecular formula is C21H19F3N2O3. The van der Waals surface area contributed by atoms with Gasteiger partial charge < -0.3 is 15.0 Å². The number of alkyl halides is 3. The lowest BCUT2D eigenvalue weighted by atomic mass is 9.83. The fourth-order valence-corrected chi connectivity index (χ4v) is 3.27. The van der Waals surface area contributed by atoms with Crippen LogP contribution in [0.3, 0.4) is 0 Å². The summed E-state index contributed by atoms with van der Waals surface area (Å²) in [6, 6.07) is 7.76. The zero-order valence-electron chi connectivity index (χ0n) is 15.5. The number of halogens is 3. The van der Waals surface area contributed by atoms with Crippen molar-refractivity contribution in [3.05, 3.63) is 53.9 Å². The van der Waals surface area contributed by atoms with Gasteiger partial charge >= 0.3 is 18.1 Å². The van der Waals surface area contributed by atoms with Crippen LogP contribution in [0.25, 0.3) is 5.69 Å². The highest BCUT2D eigenvalue weighted by atomic mass is 19.4. The minimum Gasteiger partial charge on any atom is -0.383 e. The summed E-state index contributed by atoms with van der Waals surface area (Å²) in [4.78, 5) is 23.4. The van der Waals surface area contributed by atoms with Crippen molar-refractivity contribution < 1.29 is 27.5 Å². The Morgan fingerprint density at radius 3 is 2.34 bits per heavy atom. The first-order valence-electron chi connectivity index (χ1n) is 9.11. The summed E-state index contributed by atoms with van der Waals surface area (Å²) in [7, 11) is 0. The van der Waals surface area contributed by atoms with E-state index in [-0.39, 0.29) is 11.3 Å². The largest absolute Gasteiger partial charge is 0.491 e. The van der Waals surface area contributed by atoms with Gasteiger partial charge in [0.25, 0.3) is 0 Å². The third-order valence-electron chi connectivity index (χ3n) is 4.73. The minimum absolute atomic E-state index is 0.208. The van der Waals surface area contributed by atoms with E-state index in [2.05, 4.69) is 16.6 Å². The number of nitrogens with two attached hydrogens (primary N) is 1. The predicted molar refractivity (Wildman–Crippen MR) is 99.1 cm³/mol. The van der Waals surface area contributed by atoms with E-state index in [0.29, 0.717) is 5.56 Å². The van der Waals surface area contributed by atoms with Crippen molar-refractivity contribution in [1.82, 2.24) is 4.57 Å². The first kappa shape index (κ1) is 20.7. The molecule has 1 saturated carbocycles. The molecule has 0 spiro atoms. The lowest BCUT2D eigenvalue weighted by molar-refractivity contribution is -0.193. The van der Waals surface area contributed by atoms with Gasteiger partial charge in [0.1, 0.15) is 0 Å². The molecule has 0 radical (unpaired) electrons. The normalized spacial score (nSPS) is 15.9. The van der Waals surface area contributed by atoms with Crippen molar-refractivity contribution in [2.75, 3.05) is 0 Å². The molecule has 0 aliphatic heterocycles. The summed E-state index contributed by atoms with van der Waals surface area (Å²) in [5.74, 6) is 2.07. The molecule has 1 aliphatic carbocycles. The lowest BCUT2D eigenvalue weighted by Crippen LogP contribution is -2.40. The Morgan fingerprint density at radius 1 is 1.07 bits per heavy atom. The third kappa shape index (κ3) is 4.87. The van der Waals surface area contributed by atoms with E-state index in [1.807, 2.05) is 0 Å². The van der Waals surface area contributed by atoms with Crippen LogP contribution in [0, 0.1) is 11.8 Å². The van der Waals surface area contributed by atoms with Gasteiger partial charge in [0, 0.05) is 18.0 Å². The van der Waals surface area contributed by atoms with Crippen molar-refractivity contribution >= 4 is 11.9 Å². The molecule has 8 heteroatoms. The van der Waals surface area contributed by atoms with Crippen LogP contribution < -0.4 is 5.73 Å². The third-order valence-corrected chi connectivity index (χ3v) is 4.73. The molecule has 0 bridgehead atoms. The number of hydrogen-bond donors (Lipinski definition) is 1. The van der Waals surface area contributed by atoms with E-state index in [4.69, 9.17) is 5.73 Å². The average Bonchev–Trinajstić information content (AvgIpc) is 3.20. The highest BCUT2D eigenvalue weighted by molar-refractivity contribution is 6.01. The van der Waals surface area contributed by atoms with Crippen molar-refractivity contribution in [1.29, 1.82) is 0 Å². The molecule has 1 aromatic carbocycles. The highest BCUT2D eigenvalue weighted by Gasteiger charge is 2.43. The van der Waals surface area contributed by atoms with Crippen molar-refractivity contribution in [2.24, 2.45) is 5.73 Å². The molecule has 1 heterocycles. The van der Waals surface area contributed by atoms with E-state index in [9.17, 15) is 22.8 Å². The predicted octanol–water partition coefficient (Wildman–Crippen LogP) is 3.74. The van der Waals surface area contributed by atoms with E-state index in [1.54, 1.807) is 30.6 Å². The van der Waals surface area contributed by atoms with Crippen LogP contribution in [0.1, 0.15) is 48.0 Å². The Hall–Kier alpha value is -3.05. The van der Waals surface area contributed by atoms with Crippen LogP contribution in [0.4, 0.5) is 13.2 Å². The zero-order chi connectivity index (χ0) is 21.1. The number of nitrogens with zero attached hydrogens (tertiary/aromatic N) is 1. The first-order valence-corrected chi connectivity index (χ1v) is 9.11. The van der Waals surface area contributed by atoms with E-state index < -0.39 is 23.7 Å². The summed E-state index contributed by atoms with van der Waals surface area (Å²) < 4.78 is 43.0. The number of ether oxygens (including phenoxy) is 1. The number of para-hydroxylation sites is 1. The van der Waals surface area contributed by atoms with E-state index in [0.717, 1.165) is 32.1 Å². The molecule has 29 heavy (non-hydrogen) atoms. The molecule has 5 nitrogen and oxygen atoms in total. The topological polar surface area (TPSA) is 74.3 Å². The number of hydrogen-bond acceptors (Lipinski definition) is 4. The molecule has 2 N–H and O–H groups in total. The minimum atomic E-state index is -5.27. The monoisotopic (exact) mass is 404 g/mol. The fourth-order valence-electron chi connectivity index (χ4n) is 3.27. The number of benzene rings is 1. The van der Waals surface area contributed by atoms with Crippen LogP contribution >= 0.6 is 0 Å². The van der Waals surface area contributed by atoms with Crippen molar-refractivity contribution in [3.63, 3.8) is 0 Å². The fraction of sp³-hybridized carbons (Fsp3) is 0.333. The molecule has 152 valence electrons. The second-order valence-corrected chi connectivity index (χ2v) is 6.93. The van der Waals surface area contributed by atoms with Crippen LogP contribution in [0.2, 0.25) is 0 Å². The van der Waals surface area contributed by atoms with Gasteiger partial charge in [-0.2, -0.15) is 13.2 Å². The van der Waals surface area contributed by atoms with Gasteiger partial charge in [-0.25, -0.2) is 9.59 Å². The van der Waals surface area contributed by atoms with E-state index in [1.165, 1.54) is 16.7 Å². The molecule has 0 atom stereocenters. The molecule has 0 saturated heterocycles. The Morgan fingerprint density at radius 2 is 1.72 bits per heavy atom. The molecule has 0 amide bonds. The van der Waals surface area contributed by atoms with Crippen LogP contribution in [0.15, 0.2) is 42.7 Å². The number of esters is 2. The summed E-state index contributed by atoms with van der Waals surface area (Å²) >= 11 is 0. The average molecular weight is 404 g/mol. The summed E-state index contributed by atoms with van der Waals surface area (Å²) in [6.07, 6.45) is 2.51. The summed E-state index contributed by atoms with van der Waals surface area (Å²) in [5.41, 5.74) is 6.11. The SMILES string of the molecule is NC1(C#Cc2cccc(C(=O)OC(=O)C(F)(F)F)c2-n2cccc2)CCCCC1. The molecule has 2 aromatic rings. The molecule has 1 fully saturated rings. The van der Waals surface area contributed by atoms with Crippen LogP contribution in [-0.4, -0.2) is 28.2 Å². The van der Waals surface area contributed by atoms with Crippen molar-refractivity contribution in [3.8, 4) is 17.5 Å². The maximum absolute atomic E-state index is 12.5. The van der Waals surface area contributed by atoms with Gasteiger partial charge in [-0.15, -0.1) is 0 Å². The molecule has 1 aromatic heterocycles. The van der Waals surface area contributed by atoms with E-state index >= 15 is 0 Å². The van der Waals surface area contributed by atoms with Gasteiger partial charge in [0.05, 0.1) is 16.8 Å². The molecule has 1 aliphatic rings. The Labute approximate surface area is 165 Å². The number of rotatable bonds is 2.